The number of nitrogens with two attached hydrogens (primary N) is 1. The molecule has 33 heavy (non-hydrogen) atoms. The van der Waals surface area contributed by atoms with E-state index in [0.29, 0.717) is 38.0 Å². The fourth-order valence-corrected chi connectivity index (χ4v) is 5.32. The lowest BCUT2D eigenvalue weighted by molar-refractivity contribution is -0.140. The Hall–Kier alpha value is -3.36. The van der Waals surface area contributed by atoms with E-state index >= 15 is 0 Å². The first-order valence-electron chi connectivity index (χ1n) is 11.2. The molecule has 1 aromatic rings. The second-order valence-electron chi connectivity index (χ2n) is 8.93. The maximum atomic E-state index is 13.2. The van der Waals surface area contributed by atoms with E-state index in [-0.39, 0.29) is 35.8 Å². The van der Waals surface area contributed by atoms with Gasteiger partial charge in [0.05, 0.1) is 24.2 Å². The van der Waals surface area contributed by atoms with Gasteiger partial charge in [-0.25, -0.2) is 5.43 Å². The van der Waals surface area contributed by atoms with E-state index < -0.39 is 12.1 Å². The highest BCUT2D eigenvalue weighted by atomic mass is 16.2. The first-order chi connectivity index (χ1) is 15.8. The molecular weight excluding hydrogens is 422 g/mol. The van der Waals surface area contributed by atoms with Gasteiger partial charge in [0.25, 0.3) is 0 Å². The third-order valence-corrected chi connectivity index (χ3v) is 7.01. The average Bonchev–Trinajstić information content (AvgIpc) is 3.53. The first kappa shape index (κ1) is 22.8. The van der Waals surface area contributed by atoms with Crippen LogP contribution >= 0.6 is 0 Å². The van der Waals surface area contributed by atoms with E-state index in [1.54, 1.807) is 17.0 Å². The lowest BCUT2D eigenvalue weighted by Crippen LogP contribution is -2.56. The maximum absolute atomic E-state index is 13.2. The molecule has 2 bridgehead atoms. The van der Waals surface area contributed by atoms with Gasteiger partial charge in [0.2, 0.25) is 11.8 Å². The van der Waals surface area contributed by atoms with E-state index in [9.17, 15) is 14.9 Å². The van der Waals surface area contributed by atoms with E-state index in [2.05, 4.69) is 16.7 Å². The molecule has 5 N–H and O–H groups in total. The number of amidine groups is 1. The fraction of sp³-hybridized carbons (Fsp3) is 0.545. The van der Waals surface area contributed by atoms with Gasteiger partial charge in [0.1, 0.15) is 11.9 Å². The van der Waals surface area contributed by atoms with Gasteiger partial charge < -0.3 is 15.5 Å². The van der Waals surface area contributed by atoms with Gasteiger partial charge in [-0.2, -0.15) is 10.8 Å². The summed E-state index contributed by atoms with van der Waals surface area (Å²) in [5, 5.41) is 20.1. The molecule has 11 nitrogen and oxygen atoms in total. The van der Waals surface area contributed by atoms with Crippen LogP contribution in [-0.2, 0) is 9.59 Å². The summed E-state index contributed by atoms with van der Waals surface area (Å²) in [6.07, 6.45) is 2.22. The highest BCUT2D eigenvalue weighted by Gasteiger charge is 2.51. The number of carbonyl (C=O) groups excluding carboxylic acids is 2. The van der Waals surface area contributed by atoms with Crippen LogP contribution in [0.1, 0.15) is 43.4 Å². The molecule has 4 rings (SSSR count). The molecule has 3 aliphatic heterocycles. The SMILES string of the molecule is CC(c1ccc(C(=N)NN=N)cc1)N1C(=O)C2C[C@H]1CN2CC(N)C(=O)N1CCCC1C#N. The van der Waals surface area contributed by atoms with Crippen LogP contribution in [0.3, 0.4) is 0 Å². The Bertz CT molecular complexity index is 989. The Kier molecular flexibility index (Phi) is 6.40. The van der Waals surface area contributed by atoms with Gasteiger partial charge in [-0.3, -0.25) is 19.9 Å². The highest BCUT2D eigenvalue weighted by Crippen LogP contribution is 2.38. The molecule has 0 aromatic heterocycles. The molecule has 0 saturated carbocycles. The Balaban J connectivity index is 1.37. The average molecular weight is 452 g/mol. The van der Waals surface area contributed by atoms with Crippen molar-refractivity contribution in [1.29, 1.82) is 16.2 Å². The summed E-state index contributed by atoms with van der Waals surface area (Å²) in [7, 11) is 0. The largest absolute Gasteiger partial charge is 0.330 e. The van der Waals surface area contributed by atoms with Crippen molar-refractivity contribution in [2.45, 2.75) is 56.4 Å². The third kappa shape index (κ3) is 4.19. The Morgan fingerprint density at radius 1 is 1.39 bits per heavy atom. The van der Waals surface area contributed by atoms with E-state index in [1.807, 2.05) is 28.9 Å². The summed E-state index contributed by atoms with van der Waals surface area (Å²) >= 11 is 0. The Morgan fingerprint density at radius 3 is 2.76 bits per heavy atom. The van der Waals surface area contributed by atoms with Crippen molar-refractivity contribution in [1.82, 2.24) is 20.1 Å². The molecule has 3 saturated heterocycles. The van der Waals surface area contributed by atoms with Crippen LogP contribution in [0.15, 0.2) is 29.5 Å². The molecule has 1 aromatic carbocycles. The standard InChI is InChI=1S/C22H29N9O2/c1-13(14-4-6-15(7-5-14)20(25)27-28-26)31-17-9-19(22(31)33)29(11-17)12-18(24)21(32)30-8-2-3-16(30)10-23/h4-7,13,16-19H,2-3,8-9,11-12,24H2,1H3,(H3,25,26,27)/t13?,16?,17-,18?,19?/m0/s1. The van der Waals surface area contributed by atoms with Crippen molar-refractivity contribution in [3.05, 3.63) is 35.4 Å². The molecule has 5 atom stereocenters. The van der Waals surface area contributed by atoms with Gasteiger partial charge in [-0.1, -0.05) is 29.5 Å². The van der Waals surface area contributed by atoms with Crippen molar-refractivity contribution in [2.24, 2.45) is 11.0 Å². The number of hydrogen-bond acceptors (Lipinski definition) is 8. The molecule has 2 amide bonds. The zero-order valence-corrected chi connectivity index (χ0v) is 18.6. The van der Waals surface area contributed by atoms with E-state index in [4.69, 9.17) is 16.7 Å². The number of amides is 2. The minimum atomic E-state index is -0.746. The van der Waals surface area contributed by atoms with E-state index in [0.717, 1.165) is 12.0 Å². The van der Waals surface area contributed by atoms with Crippen LogP contribution in [0.4, 0.5) is 0 Å². The predicted octanol–water partition coefficient (Wildman–Crippen LogP) is 0.736. The lowest BCUT2D eigenvalue weighted by Gasteiger charge is -2.38. The summed E-state index contributed by atoms with van der Waals surface area (Å²) in [6, 6.07) is 7.99. The maximum Gasteiger partial charge on any atom is 0.241 e. The number of carbonyl (C=O) groups is 2. The number of nitrogens with zero attached hydrogens (tertiary/aromatic N) is 5. The van der Waals surface area contributed by atoms with Gasteiger partial charge in [-0.05, 0) is 31.7 Å². The number of nitrogens with one attached hydrogen (secondary N) is 3. The van der Waals surface area contributed by atoms with Crippen LogP contribution in [-0.4, -0.2) is 76.2 Å². The monoisotopic (exact) mass is 451 g/mol. The van der Waals surface area contributed by atoms with Crippen LogP contribution in [0.25, 0.3) is 0 Å². The summed E-state index contributed by atoms with van der Waals surface area (Å²) in [6.45, 7) is 3.53. The lowest BCUT2D eigenvalue weighted by atomic mass is 10.0. The quantitative estimate of drug-likeness (QED) is 0.206. The number of hydrogen-bond donors (Lipinski definition) is 4. The molecule has 0 aliphatic carbocycles. The summed E-state index contributed by atoms with van der Waals surface area (Å²) in [5.74, 6) is -0.129. The van der Waals surface area contributed by atoms with Crippen LogP contribution in [0.5, 0.6) is 0 Å². The second kappa shape index (κ2) is 9.25. The fourth-order valence-electron chi connectivity index (χ4n) is 5.32. The van der Waals surface area contributed by atoms with Crippen molar-refractivity contribution in [2.75, 3.05) is 19.6 Å². The molecule has 174 valence electrons. The van der Waals surface area contributed by atoms with Crippen LogP contribution in [0.2, 0.25) is 0 Å². The number of nitriles is 1. The van der Waals surface area contributed by atoms with Gasteiger partial charge in [0.15, 0.2) is 0 Å². The highest BCUT2D eigenvalue weighted by molar-refractivity contribution is 5.96. The molecule has 0 spiro atoms. The van der Waals surface area contributed by atoms with Gasteiger partial charge >= 0.3 is 0 Å². The molecule has 3 heterocycles. The topological polar surface area (TPSA) is 166 Å². The molecule has 0 radical (unpaired) electrons. The minimum Gasteiger partial charge on any atom is -0.330 e. The number of rotatable bonds is 7. The zero-order chi connectivity index (χ0) is 23.7. The minimum absolute atomic E-state index is 0.0389. The normalized spacial score (nSPS) is 26.2. The molecule has 3 aliphatic rings. The number of likely N-dealkylation sites (tertiary alicyclic amines) is 3. The number of fused-ring (bicyclic) bond motifs is 2. The smallest absolute Gasteiger partial charge is 0.241 e. The zero-order valence-electron chi connectivity index (χ0n) is 18.6. The first-order valence-corrected chi connectivity index (χ1v) is 11.2. The molecule has 4 unspecified atom stereocenters. The molecule has 3 fully saturated rings. The van der Waals surface area contributed by atoms with Gasteiger partial charge in [-0.15, -0.1) is 0 Å². The number of piperazine rings is 1. The Morgan fingerprint density at radius 2 is 2.12 bits per heavy atom. The summed E-state index contributed by atoms with van der Waals surface area (Å²) in [4.78, 5) is 31.4. The summed E-state index contributed by atoms with van der Waals surface area (Å²) in [5.41, 5.74) is 16.9. The summed E-state index contributed by atoms with van der Waals surface area (Å²) < 4.78 is 0. The van der Waals surface area contributed by atoms with Crippen LogP contribution < -0.4 is 11.2 Å². The van der Waals surface area contributed by atoms with Crippen molar-refractivity contribution < 1.29 is 9.59 Å². The second-order valence-corrected chi connectivity index (χ2v) is 8.93. The van der Waals surface area contributed by atoms with Crippen molar-refractivity contribution in [3.63, 3.8) is 0 Å². The van der Waals surface area contributed by atoms with Gasteiger partial charge in [0, 0.05) is 31.2 Å². The van der Waals surface area contributed by atoms with Crippen molar-refractivity contribution >= 4 is 17.6 Å². The van der Waals surface area contributed by atoms with E-state index in [1.165, 1.54) is 0 Å². The predicted molar refractivity (Wildman–Crippen MR) is 119 cm³/mol. The number of benzene rings is 1. The molecular formula is C22H29N9O2. The Labute approximate surface area is 192 Å². The van der Waals surface area contributed by atoms with Crippen molar-refractivity contribution in [3.8, 4) is 6.07 Å². The van der Waals surface area contributed by atoms with Crippen LogP contribution in [0, 0.1) is 22.3 Å². The third-order valence-electron chi connectivity index (χ3n) is 7.01. The molecule has 11 heteroatoms.